The Morgan fingerprint density at radius 1 is 1.45 bits per heavy atom. The zero-order chi connectivity index (χ0) is 14.4. The van der Waals surface area contributed by atoms with Crippen molar-refractivity contribution in [2.45, 2.75) is 38.4 Å². The normalized spacial score (nSPS) is 16.6. The molecular formula is C13H22N4OS2. The van der Waals surface area contributed by atoms with Crippen molar-refractivity contribution in [1.82, 2.24) is 15.5 Å². The van der Waals surface area contributed by atoms with Crippen molar-refractivity contribution in [2.24, 2.45) is 5.92 Å². The van der Waals surface area contributed by atoms with Crippen molar-refractivity contribution in [2.75, 3.05) is 24.2 Å². The number of rotatable bonds is 6. The second-order valence-electron chi connectivity index (χ2n) is 5.41. The van der Waals surface area contributed by atoms with Crippen molar-refractivity contribution < 1.29 is 4.79 Å². The molecule has 20 heavy (non-hydrogen) atoms. The molecule has 2 N–H and O–H groups in total. The number of hydrogen-bond donors (Lipinski definition) is 2. The summed E-state index contributed by atoms with van der Waals surface area (Å²) < 4.78 is 0. The summed E-state index contributed by atoms with van der Waals surface area (Å²) in [6.45, 7) is 6.42. The van der Waals surface area contributed by atoms with Gasteiger partial charge in [-0.1, -0.05) is 25.2 Å². The Hall–Kier alpha value is -0.660. The van der Waals surface area contributed by atoms with Gasteiger partial charge in [0.25, 0.3) is 0 Å². The number of amides is 1. The lowest BCUT2D eigenvalue weighted by Crippen LogP contribution is -2.30. The third-order valence-corrected chi connectivity index (χ3v) is 5.27. The van der Waals surface area contributed by atoms with Crippen LogP contribution in [0.2, 0.25) is 0 Å². The first-order valence-electron chi connectivity index (χ1n) is 7.08. The second kappa shape index (κ2) is 7.95. The van der Waals surface area contributed by atoms with Gasteiger partial charge in [0.05, 0.1) is 5.75 Å². The van der Waals surface area contributed by atoms with Crippen LogP contribution in [0.15, 0.2) is 0 Å². The summed E-state index contributed by atoms with van der Waals surface area (Å²) in [6.07, 6.45) is 3.21. The quantitative estimate of drug-likeness (QED) is 0.842. The molecule has 2 rings (SSSR count). The van der Waals surface area contributed by atoms with E-state index in [9.17, 15) is 4.79 Å². The van der Waals surface area contributed by atoms with Crippen LogP contribution in [0.4, 0.5) is 5.13 Å². The number of carbonyl (C=O) groups is 1. The number of nitrogens with zero attached hydrogens (tertiary/aromatic N) is 2. The van der Waals surface area contributed by atoms with E-state index in [1.54, 1.807) is 11.8 Å². The molecule has 1 aromatic rings. The van der Waals surface area contributed by atoms with Gasteiger partial charge in [0.1, 0.15) is 5.01 Å². The Kier molecular flexibility index (Phi) is 6.25. The molecule has 1 fully saturated rings. The van der Waals surface area contributed by atoms with Crippen molar-refractivity contribution >= 4 is 34.1 Å². The third-order valence-electron chi connectivity index (χ3n) is 3.03. The molecule has 112 valence electrons. The first-order chi connectivity index (χ1) is 9.63. The van der Waals surface area contributed by atoms with E-state index in [1.807, 2.05) is 0 Å². The SMILES string of the molecule is CC(C)Cc1nnc(NC(=O)CSC2CCNCC2)s1. The van der Waals surface area contributed by atoms with Crippen LogP contribution in [0, 0.1) is 5.92 Å². The number of hydrogen-bond acceptors (Lipinski definition) is 6. The minimum absolute atomic E-state index is 0.0285. The first kappa shape index (κ1) is 15.7. The van der Waals surface area contributed by atoms with Crippen LogP contribution >= 0.6 is 23.1 Å². The van der Waals surface area contributed by atoms with Crippen molar-refractivity contribution in [1.29, 1.82) is 0 Å². The second-order valence-corrected chi connectivity index (χ2v) is 7.76. The number of piperidine rings is 1. The number of aromatic nitrogens is 2. The Balaban J connectivity index is 1.72. The van der Waals surface area contributed by atoms with E-state index >= 15 is 0 Å². The van der Waals surface area contributed by atoms with Gasteiger partial charge in [0, 0.05) is 11.7 Å². The monoisotopic (exact) mass is 314 g/mol. The third kappa shape index (κ3) is 5.38. The van der Waals surface area contributed by atoms with Crippen LogP contribution in [0.25, 0.3) is 0 Å². The maximum absolute atomic E-state index is 11.9. The number of thioether (sulfide) groups is 1. The topological polar surface area (TPSA) is 66.9 Å². The molecule has 0 bridgehead atoms. The first-order valence-corrected chi connectivity index (χ1v) is 8.94. The van der Waals surface area contributed by atoms with Gasteiger partial charge >= 0.3 is 0 Å². The van der Waals surface area contributed by atoms with Gasteiger partial charge < -0.3 is 5.32 Å². The number of nitrogens with one attached hydrogen (secondary N) is 2. The van der Waals surface area contributed by atoms with E-state index in [0.717, 1.165) is 37.4 Å². The average Bonchev–Trinajstić information content (AvgIpc) is 2.84. The lowest BCUT2D eigenvalue weighted by Gasteiger charge is -2.21. The van der Waals surface area contributed by atoms with Crippen molar-refractivity contribution in [3.8, 4) is 0 Å². The fourth-order valence-corrected chi connectivity index (χ4v) is 4.04. The summed E-state index contributed by atoms with van der Waals surface area (Å²) in [6, 6.07) is 0. The van der Waals surface area contributed by atoms with E-state index in [0.29, 0.717) is 22.1 Å². The predicted molar refractivity (Wildman–Crippen MR) is 85.4 cm³/mol. The molecule has 0 aliphatic carbocycles. The Labute approximate surface area is 128 Å². The summed E-state index contributed by atoms with van der Waals surface area (Å²) in [7, 11) is 0. The van der Waals surface area contributed by atoms with E-state index in [2.05, 4.69) is 34.7 Å². The molecule has 7 heteroatoms. The van der Waals surface area contributed by atoms with Crippen LogP contribution in [0.5, 0.6) is 0 Å². The fourth-order valence-electron chi connectivity index (χ4n) is 2.05. The molecule has 0 atom stereocenters. The maximum Gasteiger partial charge on any atom is 0.236 e. The zero-order valence-corrected chi connectivity index (χ0v) is 13.6. The van der Waals surface area contributed by atoms with Crippen LogP contribution in [0.3, 0.4) is 0 Å². The van der Waals surface area contributed by atoms with Gasteiger partial charge in [-0.25, -0.2) is 0 Å². The maximum atomic E-state index is 11.9. The average molecular weight is 314 g/mol. The van der Waals surface area contributed by atoms with Crippen molar-refractivity contribution in [3.63, 3.8) is 0 Å². The van der Waals surface area contributed by atoms with Gasteiger partial charge in [0.15, 0.2) is 0 Å². The summed E-state index contributed by atoms with van der Waals surface area (Å²) in [5.41, 5.74) is 0. The van der Waals surface area contributed by atoms with Crippen LogP contribution in [0.1, 0.15) is 31.7 Å². The van der Waals surface area contributed by atoms with Crippen LogP contribution < -0.4 is 10.6 Å². The molecular weight excluding hydrogens is 292 g/mol. The lowest BCUT2D eigenvalue weighted by atomic mass is 10.1. The fraction of sp³-hybridized carbons (Fsp3) is 0.769. The highest BCUT2D eigenvalue weighted by Gasteiger charge is 2.16. The molecule has 0 aromatic carbocycles. The Morgan fingerprint density at radius 2 is 2.20 bits per heavy atom. The molecule has 1 saturated heterocycles. The van der Waals surface area contributed by atoms with E-state index in [-0.39, 0.29) is 5.91 Å². The van der Waals surface area contributed by atoms with Crippen LogP contribution in [-0.2, 0) is 11.2 Å². The predicted octanol–water partition coefficient (Wildman–Crippen LogP) is 2.16. The van der Waals surface area contributed by atoms with Crippen LogP contribution in [-0.4, -0.2) is 40.2 Å². The number of anilines is 1. The summed E-state index contributed by atoms with van der Waals surface area (Å²) in [4.78, 5) is 11.9. The highest BCUT2D eigenvalue weighted by molar-refractivity contribution is 8.00. The molecule has 1 aliphatic heterocycles. The molecule has 1 aromatic heterocycles. The minimum Gasteiger partial charge on any atom is -0.317 e. The minimum atomic E-state index is 0.0285. The van der Waals surface area contributed by atoms with E-state index in [4.69, 9.17) is 0 Å². The van der Waals surface area contributed by atoms with Crippen molar-refractivity contribution in [3.05, 3.63) is 5.01 Å². The summed E-state index contributed by atoms with van der Waals surface area (Å²) >= 11 is 3.22. The summed E-state index contributed by atoms with van der Waals surface area (Å²) in [5, 5.41) is 16.5. The van der Waals surface area contributed by atoms with Gasteiger partial charge in [-0.3, -0.25) is 10.1 Å². The molecule has 2 heterocycles. The lowest BCUT2D eigenvalue weighted by molar-refractivity contribution is -0.113. The van der Waals surface area contributed by atoms with E-state index in [1.165, 1.54) is 11.3 Å². The van der Waals surface area contributed by atoms with Gasteiger partial charge in [-0.15, -0.1) is 22.0 Å². The van der Waals surface area contributed by atoms with Gasteiger partial charge in [0.2, 0.25) is 11.0 Å². The molecule has 5 nitrogen and oxygen atoms in total. The molecule has 0 unspecified atom stereocenters. The summed E-state index contributed by atoms with van der Waals surface area (Å²) in [5.74, 6) is 1.09. The van der Waals surface area contributed by atoms with Gasteiger partial charge in [-0.05, 0) is 31.8 Å². The zero-order valence-electron chi connectivity index (χ0n) is 12.0. The molecule has 1 amide bonds. The standard InChI is InChI=1S/C13H22N4OS2/c1-9(2)7-12-16-17-13(20-12)15-11(18)8-19-10-3-5-14-6-4-10/h9-10,14H,3-8H2,1-2H3,(H,15,17,18). The van der Waals surface area contributed by atoms with E-state index < -0.39 is 0 Å². The molecule has 0 saturated carbocycles. The van der Waals surface area contributed by atoms with Gasteiger partial charge in [-0.2, -0.15) is 0 Å². The smallest absolute Gasteiger partial charge is 0.236 e. The Morgan fingerprint density at radius 3 is 2.90 bits per heavy atom. The Bertz CT molecular complexity index is 430. The highest BCUT2D eigenvalue weighted by Crippen LogP contribution is 2.21. The molecule has 1 aliphatic rings. The number of carbonyl (C=O) groups excluding carboxylic acids is 1. The highest BCUT2D eigenvalue weighted by atomic mass is 32.2. The molecule has 0 spiro atoms. The largest absolute Gasteiger partial charge is 0.317 e. The molecule has 0 radical (unpaired) electrons.